The van der Waals surface area contributed by atoms with Gasteiger partial charge in [-0.05, 0) is 29.8 Å². The molecule has 0 saturated carbocycles. The number of nitrogens with zero attached hydrogens (tertiary/aromatic N) is 2. The second-order valence-corrected chi connectivity index (χ2v) is 4.07. The predicted molar refractivity (Wildman–Crippen MR) is 73.1 cm³/mol. The van der Waals surface area contributed by atoms with Crippen LogP contribution in [0.4, 0.5) is 0 Å². The summed E-state index contributed by atoms with van der Waals surface area (Å²) in [6.45, 7) is 0.410. The largest absolute Gasteiger partial charge is 0.497 e. The van der Waals surface area contributed by atoms with E-state index in [4.69, 9.17) is 10.00 Å². The van der Waals surface area contributed by atoms with Gasteiger partial charge in [-0.2, -0.15) is 5.26 Å². The number of benzene rings is 1. The fourth-order valence-corrected chi connectivity index (χ4v) is 1.66. The van der Waals surface area contributed by atoms with Crippen LogP contribution < -0.4 is 10.1 Å². The minimum absolute atomic E-state index is 0.224. The summed E-state index contributed by atoms with van der Waals surface area (Å²) in [5.74, 6) is 0.535. The van der Waals surface area contributed by atoms with Gasteiger partial charge in [-0.15, -0.1) is 0 Å². The predicted octanol–water partition coefficient (Wildman–Crippen LogP) is 1.89. The number of rotatable bonds is 4. The number of carbonyl (C=O) groups is 1. The van der Waals surface area contributed by atoms with Crippen molar-refractivity contribution in [3.8, 4) is 11.8 Å². The maximum atomic E-state index is 11.9. The van der Waals surface area contributed by atoms with Gasteiger partial charge in [0.05, 0.1) is 7.11 Å². The van der Waals surface area contributed by atoms with Gasteiger partial charge >= 0.3 is 0 Å². The quantitative estimate of drug-likeness (QED) is 0.917. The molecule has 0 unspecified atom stereocenters. The third-order valence-corrected chi connectivity index (χ3v) is 2.75. The zero-order chi connectivity index (χ0) is 14.4. The number of hydrogen-bond acceptors (Lipinski definition) is 4. The van der Waals surface area contributed by atoms with E-state index in [0.717, 1.165) is 11.3 Å². The van der Waals surface area contributed by atoms with Gasteiger partial charge in [0.1, 0.15) is 17.5 Å². The first-order chi connectivity index (χ1) is 9.72. The third kappa shape index (κ3) is 3.33. The first kappa shape index (κ1) is 13.6. The molecule has 0 aliphatic rings. The number of amides is 1. The van der Waals surface area contributed by atoms with Crippen LogP contribution in [0, 0.1) is 11.3 Å². The van der Waals surface area contributed by atoms with Crippen LogP contribution in [0.3, 0.4) is 0 Å². The highest BCUT2D eigenvalue weighted by Crippen LogP contribution is 2.11. The summed E-state index contributed by atoms with van der Waals surface area (Å²) in [6.07, 6.45) is 1.45. The van der Waals surface area contributed by atoms with Crippen molar-refractivity contribution in [2.75, 3.05) is 7.11 Å². The van der Waals surface area contributed by atoms with Crippen LogP contribution in [0.2, 0.25) is 0 Å². The number of ether oxygens (including phenoxy) is 1. The molecule has 0 spiro atoms. The number of aromatic nitrogens is 1. The average molecular weight is 267 g/mol. The molecule has 0 aliphatic heterocycles. The van der Waals surface area contributed by atoms with Gasteiger partial charge in [-0.25, -0.2) is 4.98 Å². The fraction of sp³-hybridized carbons (Fsp3) is 0.133. The Morgan fingerprint density at radius 3 is 2.75 bits per heavy atom. The fourth-order valence-electron chi connectivity index (χ4n) is 1.66. The standard InChI is InChI=1S/C15H13N3O2/c1-20-14-4-2-11(3-5-14)10-18-15(19)12-6-7-17-13(8-12)9-16/h2-8H,10H2,1H3,(H,18,19). The van der Waals surface area contributed by atoms with Gasteiger partial charge in [0.25, 0.3) is 5.91 Å². The van der Waals surface area contributed by atoms with Crippen molar-refractivity contribution in [2.24, 2.45) is 0 Å². The highest BCUT2D eigenvalue weighted by atomic mass is 16.5. The molecule has 0 atom stereocenters. The molecule has 20 heavy (non-hydrogen) atoms. The summed E-state index contributed by atoms with van der Waals surface area (Å²) < 4.78 is 5.06. The van der Waals surface area contributed by atoms with Gasteiger partial charge < -0.3 is 10.1 Å². The molecule has 0 bridgehead atoms. The van der Waals surface area contributed by atoms with E-state index >= 15 is 0 Å². The monoisotopic (exact) mass is 267 g/mol. The molecule has 2 rings (SSSR count). The van der Waals surface area contributed by atoms with Crippen LogP contribution in [-0.4, -0.2) is 18.0 Å². The Labute approximate surface area is 116 Å². The number of hydrogen-bond donors (Lipinski definition) is 1. The highest BCUT2D eigenvalue weighted by molar-refractivity contribution is 5.94. The van der Waals surface area contributed by atoms with Crippen LogP contribution in [0.5, 0.6) is 5.75 Å². The second-order valence-electron chi connectivity index (χ2n) is 4.07. The third-order valence-electron chi connectivity index (χ3n) is 2.75. The normalized spacial score (nSPS) is 9.60. The lowest BCUT2D eigenvalue weighted by Crippen LogP contribution is -2.22. The molecule has 1 N–H and O–H groups in total. The van der Waals surface area contributed by atoms with Gasteiger partial charge in [-0.3, -0.25) is 4.79 Å². The summed E-state index contributed by atoms with van der Waals surface area (Å²) in [7, 11) is 1.60. The summed E-state index contributed by atoms with van der Waals surface area (Å²) in [4.78, 5) is 15.8. The van der Waals surface area contributed by atoms with Gasteiger partial charge in [0.15, 0.2) is 0 Å². The van der Waals surface area contributed by atoms with Gasteiger partial charge in [-0.1, -0.05) is 12.1 Å². The second kappa shape index (κ2) is 6.34. The molecule has 5 nitrogen and oxygen atoms in total. The number of nitrogens with one attached hydrogen (secondary N) is 1. The molecule has 0 saturated heterocycles. The van der Waals surface area contributed by atoms with E-state index in [9.17, 15) is 4.79 Å². The number of pyridine rings is 1. The summed E-state index contributed by atoms with van der Waals surface area (Å²) in [6, 6.07) is 12.4. The van der Waals surface area contributed by atoms with E-state index in [2.05, 4.69) is 10.3 Å². The van der Waals surface area contributed by atoms with E-state index in [0.29, 0.717) is 12.1 Å². The van der Waals surface area contributed by atoms with Crippen molar-refractivity contribution >= 4 is 5.91 Å². The smallest absolute Gasteiger partial charge is 0.251 e. The molecule has 0 aliphatic carbocycles. The maximum absolute atomic E-state index is 11.9. The molecular formula is C15H13N3O2. The Balaban J connectivity index is 1.99. The van der Waals surface area contributed by atoms with E-state index < -0.39 is 0 Å². The van der Waals surface area contributed by atoms with Gasteiger partial charge in [0, 0.05) is 18.3 Å². The first-order valence-corrected chi connectivity index (χ1v) is 6.00. The molecule has 1 heterocycles. The molecule has 2 aromatic rings. The van der Waals surface area contributed by atoms with Crippen LogP contribution in [0.15, 0.2) is 42.6 Å². The van der Waals surface area contributed by atoms with Crippen molar-refractivity contribution in [3.05, 3.63) is 59.4 Å². The average Bonchev–Trinajstić information content (AvgIpc) is 2.53. The van der Waals surface area contributed by atoms with E-state index in [1.165, 1.54) is 12.3 Å². The molecule has 1 aromatic carbocycles. The highest BCUT2D eigenvalue weighted by Gasteiger charge is 2.06. The zero-order valence-electron chi connectivity index (χ0n) is 11.0. The van der Waals surface area contributed by atoms with E-state index in [-0.39, 0.29) is 11.6 Å². The Kier molecular flexibility index (Phi) is 4.30. The van der Waals surface area contributed by atoms with Crippen LogP contribution >= 0.6 is 0 Å². The lowest BCUT2D eigenvalue weighted by Gasteiger charge is -2.06. The van der Waals surface area contributed by atoms with Crippen molar-refractivity contribution in [3.63, 3.8) is 0 Å². The van der Waals surface area contributed by atoms with Crippen LogP contribution in [0.25, 0.3) is 0 Å². The SMILES string of the molecule is COc1ccc(CNC(=O)c2ccnc(C#N)c2)cc1. The molecule has 1 aromatic heterocycles. The zero-order valence-corrected chi connectivity index (χ0v) is 11.0. The van der Waals surface area contributed by atoms with Crippen molar-refractivity contribution in [2.45, 2.75) is 6.54 Å². The first-order valence-electron chi connectivity index (χ1n) is 6.00. The van der Waals surface area contributed by atoms with Crippen LogP contribution in [0.1, 0.15) is 21.6 Å². The topological polar surface area (TPSA) is 75.0 Å². The van der Waals surface area contributed by atoms with E-state index in [1.807, 2.05) is 30.3 Å². The minimum Gasteiger partial charge on any atom is -0.497 e. The molecule has 1 amide bonds. The Morgan fingerprint density at radius 1 is 1.35 bits per heavy atom. The number of methoxy groups -OCH3 is 1. The summed E-state index contributed by atoms with van der Waals surface area (Å²) >= 11 is 0. The van der Waals surface area contributed by atoms with Crippen molar-refractivity contribution in [1.29, 1.82) is 5.26 Å². The lowest BCUT2D eigenvalue weighted by molar-refractivity contribution is 0.0951. The maximum Gasteiger partial charge on any atom is 0.251 e. The number of carbonyl (C=O) groups excluding carboxylic acids is 1. The molecule has 0 fully saturated rings. The summed E-state index contributed by atoms with van der Waals surface area (Å²) in [5.41, 5.74) is 1.61. The lowest BCUT2D eigenvalue weighted by atomic mass is 10.2. The minimum atomic E-state index is -0.236. The molecular weight excluding hydrogens is 254 g/mol. The van der Waals surface area contributed by atoms with Crippen molar-refractivity contribution < 1.29 is 9.53 Å². The van der Waals surface area contributed by atoms with E-state index in [1.54, 1.807) is 13.2 Å². The molecule has 5 heteroatoms. The Morgan fingerprint density at radius 2 is 2.10 bits per heavy atom. The van der Waals surface area contributed by atoms with Gasteiger partial charge in [0.2, 0.25) is 0 Å². The Hall–Kier alpha value is -2.87. The van der Waals surface area contributed by atoms with Crippen LogP contribution in [-0.2, 0) is 6.54 Å². The number of nitriles is 1. The van der Waals surface area contributed by atoms with Crippen molar-refractivity contribution in [1.82, 2.24) is 10.3 Å². The Bertz CT molecular complexity index is 645. The molecule has 0 radical (unpaired) electrons. The summed E-state index contributed by atoms with van der Waals surface area (Å²) in [5, 5.41) is 11.5. The molecule has 100 valence electrons.